The van der Waals surface area contributed by atoms with Crippen LogP contribution in [-0.4, -0.2) is 20.1 Å². The van der Waals surface area contributed by atoms with E-state index < -0.39 is 20.1 Å². The Morgan fingerprint density at radius 3 is 2.00 bits per heavy atom. The Morgan fingerprint density at radius 2 is 1.61 bits per heavy atom. The van der Waals surface area contributed by atoms with Crippen molar-refractivity contribution in [2.45, 2.75) is 5.92 Å². The third kappa shape index (κ3) is 12.6. The zero-order valence-corrected chi connectivity index (χ0v) is 12.7. The number of ether oxygens (including phenoxy) is 1. The SMILES string of the molecule is FB(F)F.[CH-]=CC(F)(F)COc1ccccc1.[K+]. The first-order chi connectivity index (χ1) is 7.87. The van der Waals surface area contributed by atoms with Gasteiger partial charge in [0.25, 0.3) is 5.92 Å². The van der Waals surface area contributed by atoms with E-state index in [-0.39, 0.29) is 51.4 Å². The van der Waals surface area contributed by atoms with Crippen LogP contribution in [0.1, 0.15) is 0 Å². The van der Waals surface area contributed by atoms with Gasteiger partial charge in [-0.05, 0) is 12.1 Å². The minimum atomic E-state index is -3.67. The summed E-state index contributed by atoms with van der Waals surface area (Å²) < 4.78 is 58.9. The summed E-state index contributed by atoms with van der Waals surface area (Å²) in [6, 6.07) is 8.40. The molecule has 0 spiro atoms. The predicted octanol–water partition coefficient (Wildman–Crippen LogP) is 0.574. The van der Waals surface area contributed by atoms with Crippen LogP contribution in [0.4, 0.5) is 21.7 Å². The first-order valence-electron chi connectivity index (χ1n) is 4.41. The second-order valence-electron chi connectivity index (χ2n) is 2.78. The molecule has 0 heterocycles. The summed E-state index contributed by atoms with van der Waals surface area (Å²) in [5.41, 5.74) is 0. The van der Waals surface area contributed by atoms with Crippen LogP contribution in [0.15, 0.2) is 36.4 Å². The molecule has 0 atom stereocenters. The van der Waals surface area contributed by atoms with E-state index in [9.17, 15) is 21.7 Å². The Labute approximate surface area is 145 Å². The van der Waals surface area contributed by atoms with Gasteiger partial charge in [-0.1, -0.05) is 18.2 Å². The molecule has 0 saturated heterocycles. The second kappa shape index (κ2) is 11.0. The zero-order chi connectivity index (χ0) is 13.3. The number of rotatable bonds is 4. The number of para-hydroxylation sites is 1. The number of hydrogen-bond acceptors (Lipinski definition) is 1. The van der Waals surface area contributed by atoms with Gasteiger partial charge < -0.3 is 11.3 Å². The largest absolute Gasteiger partial charge is 1.00 e. The van der Waals surface area contributed by atoms with Crippen molar-refractivity contribution in [3.8, 4) is 5.75 Å². The summed E-state index contributed by atoms with van der Waals surface area (Å²) in [7, 11) is -3.67. The number of benzene rings is 1. The quantitative estimate of drug-likeness (QED) is 0.448. The average molecular weight is 290 g/mol. The molecule has 0 unspecified atom stereocenters. The van der Waals surface area contributed by atoms with Crippen LogP contribution in [-0.2, 0) is 0 Å². The van der Waals surface area contributed by atoms with Crippen LogP contribution in [0.3, 0.4) is 0 Å². The molecule has 0 aromatic heterocycles. The standard InChI is InChI=1S/C10H9F2O.BF3.K/c1-2-10(11,12)8-13-9-6-4-3-5-7-9;2-1(3)4;/h1-7H,8H2;;/q-1;;+1. The summed E-state index contributed by atoms with van der Waals surface area (Å²) >= 11 is 0. The van der Waals surface area contributed by atoms with Gasteiger partial charge in [0, 0.05) is 0 Å². The Balaban J connectivity index is 0. The van der Waals surface area contributed by atoms with E-state index in [0.717, 1.165) is 0 Å². The third-order valence-corrected chi connectivity index (χ3v) is 1.42. The van der Waals surface area contributed by atoms with Crippen molar-refractivity contribution in [3.05, 3.63) is 43.0 Å². The summed E-state index contributed by atoms with van der Waals surface area (Å²) in [4.78, 5) is 0. The topological polar surface area (TPSA) is 9.23 Å². The van der Waals surface area contributed by atoms with Gasteiger partial charge in [-0.25, -0.2) is 14.9 Å². The molecule has 0 aliphatic rings. The van der Waals surface area contributed by atoms with Crippen molar-refractivity contribution < 1.29 is 77.8 Å². The van der Waals surface area contributed by atoms with Gasteiger partial charge in [0.1, 0.15) is 5.75 Å². The normalized spacial score (nSPS) is 9.39. The molecule has 0 fully saturated rings. The number of hydrogen-bond donors (Lipinski definition) is 0. The maximum absolute atomic E-state index is 12.5. The Bertz CT molecular complexity index is 321. The maximum Gasteiger partial charge on any atom is 1.00 e. The molecule has 0 amide bonds. The van der Waals surface area contributed by atoms with Gasteiger partial charge in [-0.3, -0.25) is 12.9 Å². The molecule has 18 heavy (non-hydrogen) atoms. The molecular formula is C10H9BF5KO. The summed E-state index contributed by atoms with van der Waals surface area (Å²) in [6.07, 6.45) is 0.329. The fourth-order valence-electron chi connectivity index (χ4n) is 0.744. The molecule has 0 bridgehead atoms. The van der Waals surface area contributed by atoms with Gasteiger partial charge in [0.05, 0.1) is 0 Å². The molecular weight excluding hydrogens is 281 g/mol. The first-order valence-corrected chi connectivity index (χ1v) is 4.41. The van der Waals surface area contributed by atoms with E-state index in [4.69, 9.17) is 11.3 Å². The van der Waals surface area contributed by atoms with Crippen LogP contribution in [0, 0.1) is 6.58 Å². The molecule has 8 heteroatoms. The molecule has 1 nitrogen and oxygen atoms in total. The molecule has 0 radical (unpaired) electrons. The van der Waals surface area contributed by atoms with Gasteiger partial charge in [-0.2, -0.15) is 0 Å². The Hall–Kier alpha value is 0.111. The summed E-state index contributed by atoms with van der Waals surface area (Å²) in [6.45, 7) is 3.99. The van der Waals surface area contributed by atoms with Crippen molar-refractivity contribution in [2.75, 3.05) is 6.61 Å². The summed E-state index contributed by atoms with van der Waals surface area (Å²) in [5, 5.41) is 0. The second-order valence-corrected chi connectivity index (χ2v) is 2.78. The first kappa shape index (κ1) is 20.4. The van der Waals surface area contributed by atoms with Crippen molar-refractivity contribution in [3.63, 3.8) is 0 Å². The van der Waals surface area contributed by atoms with Crippen LogP contribution >= 0.6 is 0 Å². The van der Waals surface area contributed by atoms with Crippen LogP contribution in [0.25, 0.3) is 0 Å². The Morgan fingerprint density at radius 1 is 1.17 bits per heavy atom. The van der Waals surface area contributed by atoms with Crippen molar-refractivity contribution in [2.24, 2.45) is 0 Å². The van der Waals surface area contributed by atoms with E-state index in [1.807, 2.05) is 0 Å². The van der Waals surface area contributed by atoms with Gasteiger partial charge in [0.15, 0.2) is 6.61 Å². The van der Waals surface area contributed by atoms with E-state index in [1.165, 1.54) is 0 Å². The zero-order valence-electron chi connectivity index (χ0n) is 9.62. The third-order valence-electron chi connectivity index (χ3n) is 1.42. The monoisotopic (exact) mass is 290 g/mol. The Kier molecular flexibility index (Phi) is 12.5. The summed E-state index contributed by atoms with van der Waals surface area (Å²) in [5.74, 6) is -2.67. The number of alkyl halides is 2. The molecule has 94 valence electrons. The molecule has 0 N–H and O–H groups in total. The smallest absolute Gasteiger partial charge is 0.512 e. The van der Waals surface area contributed by atoms with Gasteiger partial charge >= 0.3 is 58.9 Å². The average Bonchev–Trinajstić information content (AvgIpc) is 2.27. The molecule has 0 saturated carbocycles. The van der Waals surface area contributed by atoms with Crippen LogP contribution in [0.5, 0.6) is 5.75 Å². The molecule has 1 aromatic carbocycles. The minimum absolute atomic E-state index is 0. The van der Waals surface area contributed by atoms with Crippen molar-refractivity contribution >= 4 is 7.54 Å². The molecule has 1 rings (SSSR count). The van der Waals surface area contributed by atoms with E-state index in [1.54, 1.807) is 30.3 Å². The fourth-order valence-corrected chi connectivity index (χ4v) is 0.744. The number of halogens is 5. The van der Waals surface area contributed by atoms with E-state index in [0.29, 0.717) is 11.8 Å². The fraction of sp³-hybridized carbons (Fsp3) is 0.200. The van der Waals surface area contributed by atoms with Crippen molar-refractivity contribution in [1.82, 2.24) is 0 Å². The molecule has 0 aliphatic heterocycles. The predicted molar refractivity (Wildman–Crippen MR) is 54.8 cm³/mol. The van der Waals surface area contributed by atoms with Crippen LogP contribution in [0.2, 0.25) is 0 Å². The molecule has 1 aromatic rings. The van der Waals surface area contributed by atoms with Gasteiger partial charge in [-0.15, -0.1) is 0 Å². The van der Waals surface area contributed by atoms with Crippen LogP contribution < -0.4 is 56.1 Å². The molecule has 0 aliphatic carbocycles. The van der Waals surface area contributed by atoms with E-state index >= 15 is 0 Å². The van der Waals surface area contributed by atoms with Crippen molar-refractivity contribution in [1.29, 1.82) is 0 Å². The van der Waals surface area contributed by atoms with Gasteiger partial charge in [0.2, 0.25) is 0 Å². The van der Waals surface area contributed by atoms with E-state index in [2.05, 4.69) is 0 Å². The minimum Gasteiger partial charge on any atom is -0.512 e. The maximum atomic E-state index is 12.5.